The molecule has 0 unspecified atom stereocenters. The molecular weight excluding hydrogens is 330 g/mol. The molecule has 6 heteroatoms. The fraction of sp³-hybridized carbons (Fsp3) is 0.200. The minimum absolute atomic E-state index is 0.0455. The molecule has 0 bridgehead atoms. The van der Waals surface area contributed by atoms with Gasteiger partial charge in [-0.3, -0.25) is 4.79 Å². The highest BCUT2D eigenvalue weighted by atomic mass is 16.5. The number of aromatic nitrogens is 2. The van der Waals surface area contributed by atoms with Gasteiger partial charge in [-0.1, -0.05) is 18.2 Å². The number of ether oxygens (including phenoxy) is 2. The van der Waals surface area contributed by atoms with Crippen LogP contribution in [0.25, 0.3) is 5.69 Å². The molecule has 0 radical (unpaired) electrons. The molecule has 3 rings (SSSR count). The van der Waals surface area contributed by atoms with Gasteiger partial charge in [-0.2, -0.15) is 0 Å². The summed E-state index contributed by atoms with van der Waals surface area (Å²) in [5.74, 6) is 1.22. The Labute approximate surface area is 152 Å². The summed E-state index contributed by atoms with van der Waals surface area (Å²) in [5, 5.41) is 2.94. The average molecular weight is 351 g/mol. The van der Waals surface area contributed by atoms with Crippen molar-refractivity contribution in [3.05, 3.63) is 72.3 Å². The van der Waals surface area contributed by atoms with Gasteiger partial charge in [-0.05, 0) is 35.4 Å². The first kappa shape index (κ1) is 17.5. The van der Waals surface area contributed by atoms with Crippen LogP contribution < -0.4 is 14.8 Å². The van der Waals surface area contributed by atoms with Crippen LogP contribution in [-0.4, -0.2) is 29.7 Å². The van der Waals surface area contributed by atoms with Gasteiger partial charge in [0.1, 0.15) is 0 Å². The minimum Gasteiger partial charge on any atom is -0.493 e. The van der Waals surface area contributed by atoms with Crippen molar-refractivity contribution in [2.75, 3.05) is 14.2 Å². The van der Waals surface area contributed by atoms with Gasteiger partial charge in [-0.25, -0.2) is 4.98 Å². The fourth-order valence-corrected chi connectivity index (χ4v) is 2.64. The third-order valence-electron chi connectivity index (χ3n) is 4.04. The Bertz CT molecular complexity index is 859. The second-order valence-electron chi connectivity index (χ2n) is 5.78. The molecule has 0 aliphatic carbocycles. The van der Waals surface area contributed by atoms with Crippen molar-refractivity contribution >= 4 is 5.91 Å². The van der Waals surface area contributed by atoms with E-state index in [1.165, 1.54) is 0 Å². The van der Waals surface area contributed by atoms with Crippen molar-refractivity contribution in [2.24, 2.45) is 0 Å². The number of imidazole rings is 1. The zero-order valence-corrected chi connectivity index (χ0v) is 14.8. The first-order chi connectivity index (χ1) is 12.7. The van der Waals surface area contributed by atoms with Crippen molar-refractivity contribution < 1.29 is 14.3 Å². The van der Waals surface area contributed by atoms with Crippen molar-refractivity contribution in [3.8, 4) is 17.2 Å². The molecule has 134 valence electrons. The summed E-state index contributed by atoms with van der Waals surface area (Å²) in [5.41, 5.74) is 2.94. The average Bonchev–Trinajstić information content (AvgIpc) is 3.21. The monoisotopic (exact) mass is 351 g/mol. The summed E-state index contributed by atoms with van der Waals surface area (Å²) in [4.78, 5) is 16.2. The van der Waals surface area contributed by atoms with Crippen molar-refractivity contribution in [3.63, 3.8) is 0 Å². The van der Waals surface area contributed by atoms with E-state index in [2.05, 4.69) is 10.3 Å². The standard InChI is InChI=1S/C20H21N3O3/c1-25-18-8-5-16(11-19(18)26-2)12-20(24)22-13-15-3-6-17(7-4-15)23-10-9-21-14-23/h3-11,14H,12-13H2,1-2H3,(H,22,24). The summed E-state index contributed by atoms with van der Waals surface area (Å²) in [7, 11) is 3.16. The van der Waals surface area contributed by atoms with Crippen LogP contribution in [0.3, 0.4) is 0 Å². The molecule has 0 aliphatic rings. The Morgan fingerprint density at radius 3 is 2.42 bits per heavy atom. The number of hydrogen-bond acceptors (Lipinski definition) is 4. The molecular formula is C20H21N3O3. The summed E-state index contributed by atoms with van der Waals surface area (Å²) in [6, 6.07) is 13.5. The number of rotatable bonds is 7. The van der Waals surface area contributed by atoms with E-state index < -0.39 is 0 Å². The molecule has 0 saturated heterocycles. The summed E-state index contributed by atoms with van der Waals surface area (Å²) >= 11 is 0. The number of carbonyl (C=O) groups excluding carboxylic acids is 1. The zero-order valence-electron chi connectivity index (χ0n) is 14.8. The van der Waals surface area contributed by atoms with Gasteiger partial charge in [0.2, 0.25) is 5.91 Å². The third-order valence-corrected chi connectivity index (χ3v) is 4.04. The van der Waals surface area contributed by atoms with Crippen LogP contribution in [0.15, 0.2) is 61.2 Å². The van der Waals surface area contributed by atoms with E-state index in [4.69, 9.17) is 9.47 Å². The van der Waals surface area contributed by atoms with E-state index in [9.17, 15) is 4.79 Å². The van der Waals surface area contributed by atoms with Crippen LogP contribution in [0.2, 0.25) is 0 Å². The fourth-order valence-electron chi connectivity index (χ4n) is 2.64. The van der Waals surface area contributed by atoms with E-state index in [0.717, 1.165) is 16.8 Å². The normalized spacial score (nSPS) is 10.4. The maximum Gasteiger partial charge on any atom is 0.224 e. The second kappa shape index (κ2) is 8.20. The Balaban J connectivity index is 1.55. The van der Waals surface area contributed by atoms with Crippen LogP contribution in [-0.2, 0) is 17.8 Å². The van der Waals surface area contributed by atoms with Crippen LogP contribution in [0, 0.1) is 0 Å². The molecule has 6 nitrogen and oxygen atoms in total. The van der Waals surface area contributed by atoms with E-state index in [0.29, 0.717) is 18.0 Å². The van der Waals surface area contributed by atoms with Crippen molar-refractivity contribution in [1.29, 1.82) is 0 Å². The molecule has 1 heterocycles. The Morgan fingerprint density at radius 1 is 1.04 bits per heavy atom. The SMILES string of the molecule is COc1ccc(CC(=O)NCc2ccc(-n3ccnc3)cc2)cc1OC. The maximum absolute atomic E-state index is 12.2. The Morgan fingerprint density at radius 2 is 1.77 bits per heavy atom. The highest BCUT2D eigenvalue weighted by Crippen LogP contribution is 2.27. The molecule has 0 atom stereocenters. The van der Waals surface area contributed by atoms with Gasteiger partial charge in [0.15, 0.2) is 11.5 Å². The molecule has 0 saturated carbocycles. The number of amides is 1. The van der Waals surface area contributed by atoms with Crippen molar-refractivity contribution in [1.82, 2.24) is 14.9 Å². The predicted molar refractivity (Wildman–Crippen MR) is 98.7 cm³/mol. The molecule has 1 amide bonds. The largest absolute Gasteiger partial charge is 0.493 e. The topological polar surface area (TPSA) is 65.4 Å². The molecule has 0 aliphatic heterocycles. The van der Waals surface area contributed by atoms with Gasteiger partial charge in [0, 0.05) is 24.6 Å². The smallest absolute Gasteiger partial charge is 0.224 e. The molecule has 1 aromatic heterocycles. The lowest BCUT2D eigenvalue weighted by Crippen LogP contribution is -2.24. The number of nitrogens with zero attached hydrogens (tertiary/aromatic N) is 2. The number of methoxy groups -OCH3 is 2. The van der Waals surface area contributed by atoms with Gasteiger partial charge in [0.25, 0.3) is 0 Å². The van der Waals surface area contributed by atoms with Crippen LogP contribution in [0.4, 0.5) is 0 Å². The lowest BCUT2D eigenvalue weighted by Gasteiger charge is -2.10. The lowest BCUT2D eigenvalue weighted by atomic mass is 10.1. The first-order valence-corrected chi connectivity index (χ1v) is 8.24. The molecule has 2 aromatic carbocycles. The Hall–Kier alpha value is -3.28. The van der Waals surface area contributed by atoms with Gasteiger partial charge >= 0.3 is 0 Å². The van der Waals surface area contributed by atoms with Gasteiger partial charge < -0.3 is 19.4 Å². The van der Waals surface area contributed by atoms with E-state index in [1.54, 1.807) is 32.8 Å². The number of nitrogens with one attached hydrogen (secondary N) is 1. The van der Waals surface area contributed by atoms with Crippen LogP contribution >= 0.6 is 0 Å². The maximum atomic E-state index is 12.2. The molecule has 0 fully saturated rings. The Kier molecular flexibility index (Phi) is 5.53. The van der Waals surface area contributed by atoms with Crippen molar-refractivity contribution in [2.45, 2.75) is 13.0 Å². The summed E-state index contributed by atoms with van der Waals surface area (Å²) < 4.78 is 12.4. The van der Waals surface area contributed by atoms with E-state index in [1.807, 2.05) is 47.2 Å². The van der Waals surface area contributed by atoms with Crippen LogP contribution in [0.1, 0.15) is 11.1 Å². The number of hydrogen-bond donors (Lipinski definition) is 1. The second-order valence-corrected chi connectivity index (χ2v) is 5.78. The molecule has 26 heavy (non-hydrogen) atoms. The van der Waals surface area contributed by atoms with E-state index >= 15 is 0 Å². The highest BCUT2D eigenvalue weighted by Gasteiger charge is 2.08. The lowest BCUT2D eigenvalue weighted by molar-refractivity contribution is -0.120. The molecule has 3 aromatic rings. The van der Waals surface area contributed by atoms with Crippen LogP contribution in [0.5, 0.6) is 11.5 Å². The third kappa shape index (κ3) is 4.22. The quantitative estimate of drug-likeness (QED) is 0.711. The summed E-state index contributed by atoms with van der Waals surface area (Å²) in [6.07, 6.45) is 5.66. The number of carbonyl (C=O) groups is 1. The predicted octanol–water partition coefficient (Wildman–Crippen LogP) is 2.75. The van der Waals surface area contributed by atoms with Gasteiger partial charge in [-0.15, -0.1) is 0 Å². The minimum atomic E-state index is -0.0455. The first-order valence-electron chi connectivity index (χ1n) is 8.24. The highest BCUT2D eigenvalue weighted by molar-refractivity contribution is 5.78. The van der Waals surface area contributed by atoms with Gasteiger partial charge in [0.05, 0.1) is 27.0 Å². The van der Waals surface area contributed by atoms with E-state index in [-0.39, 0.29) is 12.3 Å². The number of benzene rings is 2. The molecule has 0 spiro atoms. The zero-order chi connectivity index (χ0) is 18.4. The summed E-state index contributed by atoms with van der Waals surface area (Å²) in [6.45, 7) is 0.482. The molecule has 1 N–H and O–H groups in total.